The molecule has 2 unspecified atom stereocenters. The van der Waals surface area contributed by atoms with E-state index in [4.69, 9.17) is 0 Å². The van der Waals surface area contributed by atoms with Crippen molar-refractivity contribution in [3.8, 4) is 0 Å². The first-order valence-corrected chi connectivity index (χ1v) is 7.75. The Morgan fingerprint density at radius 3 is 2.61 bits per heavy atom. The normalized spacial score (nSPS) is 19.1. The van der Waals surface area contributed by atoms with Gasteiger partial charge in [-0.3, -0.25) is 4.79 Å². The molecule has 3 nitrogen and oxygen atoms in total. The molecule has 0 aliphatic carbocycles. The number of carbonyl (C=O) groups is 1. The smallest absolute Gasteiger partial charge is 0.222 e. The van der Waals surface area contributed by atoms with Gasteiger partial charge in [0.05, 0.1) is 6.04 Å². The molecule has 130 valence electrons. The Morgan fingerprint density at radius 1 is 1.39 bits per heavy atom. The summed E-state index contributed by atoms with van der Waals surface area (Å²) in [7, 11) is 0. The quantitative estimate of drug-likeness (QED) is 0.872. The van der Waals surface area contributed by atoms with E-state index >= 15 is 0 Å². The standard InChI is InChI=1S/C17H24F2N2O.ClH/c1-17(2,3)16(13-7-6-11(18)9-14(13)19)21-15(22)10-12-5-4-8-20-12;/h6-7,9,12,16,20H,4-5,8,10H2,1-3H3,(H,21,22);1H. The Balaban J connectivity index is 0.00000264. The molecule has 0 bridgehead atoms. The maximum atomic E-state index is 14.1. The average molecular weight is 347 g/mol. The molecular formula is C17H25ClF2N2O. The number of halogens is 3. The molecule has 2 atom stereocenters. The maximum absolute atomic E-state index is 14.1. The van der Waals surface area contributed by atoms with E-state index in [1.165, 1.54) is 12.1 Å². The third-order valence-corrected chi connectivity index (χ3v) is 4.04. The number of amides is 1. The van der Waals surface area contributed by atoms with Crippen LogP contribution in [0.5, 0.6) is 0 Å². The van der Waals surface area contributed by atoms with E-state index < -0.39 is 17.7 Å². The Labute approximate surface area is 142 Å². The largest absolute Gasteiger partial charge is 0.349 e. The van der Waals surface area contributed by atoms with Gasteiger partial charge in [-0.05, 0) is 30.9 Å². The second kappa shape index (κ2) is 8.06. The molecule has 1 aliphatic heterocycles. The molecule has 2 N–H and O–H groups in total. The van der Waals surface area contributed by atoms with Crippen LogP contribution in [0.25, 0.3) is 0 Å². The molecule has 23 heavy (non-hydrogen) atoms. The fraction of sp³-hybridized carbons (Fsp3) is 0.588. The van der Waals surface area contributed by atoms with Gasteiger partial charge in [-0.15, -0.1) is 12.4 Å². The molecule has 1 aliphatic rings. The van der Waals surface area contributed by atoms with Crippen molar-refractivity contribution < 1.29 is 13.6 Å². The lowest BCUT2D eigenvalue weighted by molar-refractivity contribution is -0.123. The van der Waals surface area contributed by atoms with E-state index in [1.807, 2.05) is 20.8 Å². The Hall–Kier alpha value is -1.20. The van der Waals surface area contributed by atoms with Gasteiger partial charge >= 0.3 is 0 Å². The predicted octanol–water partition coefficient (Wildman–Crippen LogP) is 3.73. The molecule has 0 aromatic heterocycles. The van der Waals surface area contributed by atoms with Crippen LogP contribution in [0.1, 0.15) is 51.6 Å². The number of hydrogen-bond donors (Lipinski definition) is 2. The van der Waals surface area contributed by atoms with E-state index in [0.717, 1.165) is 25.5 Å². The van der Waals surface area contributed by atoms with Gasteiger partial charge in [0.25, 0.3) is 0 Å². The highest BCUT2D eigenvalue weighted by Crippen LogP contribution is 2.34. The molecular weight excluding hydrogens is 322 g/mol. The van der Waals surface area contributed by atoms with Crippen LogP contribution in [-0.4, -0.2) is 18.5 Å². The summed E-state index contributed by atoms with van der Waals surface area (Å²) in [5, 5.41) is 6.19. The molecule has 1 aromatic rings. The van der Waals surface area contributed by atoms with Crippen molar-refractivity contribution in [2.24, 2.45) is 5.41 Å². The molecule has 2 rings (SSSR count). The molecule has 1 aromatic carbocycles. The zero-order valence-electron chi connectivity index (χ0n) is 13.8. The lowest BCUT2D eigenvalue weighted by atomic mass is 9.82. The second-order valence-corrected chi connectivity index (χ2v) is 7.03. The van der Waals surface area contributed by atoms with Crippen molar-refractivity contribution in [1.82, 2.24) is 10.6 Å². The number of benzene rings is 1. The molecule has 1 fully saturated rings. The zero-order chi connectivity index (χ0) is 16.3. The molecule has 1 saturated heterocycles. The van der Waals surface area contributed by atoms with Gasteiger partial charge in [0.2, 0.25) is 5.91 Å². The molecule has 1 amide bonds. The molecule has 0 radical (unpaired) electrons. The summed E-state index contributed by atoms with van der Waals surface area (Å²) in [5.41, 5.74) is -0.0566. The summed E-state index contributed by atoms with van der Waals surface area (Å²) < 4.78 is 27.2. The van der Waals surface area contributed by atoms with Crippen molar-refractivity contribution in [2.45, 2.75) is 52.1 Å². The third-order valence-electron chi connectivity index (χ3n) is 4.04. The molecule has 0 spiro atoms. The Bertz CT molecular complexity index is 540. The lowest BCUT2D eigenvalue weighted by Crippen LogP contribution is -2.39. The predicted molar refractivity (Wildman–Crippen MR) is 89.6 cm³/mol. The minimum absolute atomic E-state index is 0. The van der Waals surface area contributed by atoms with E-state index in [1.54, 1.807) is 0 Å². The van der Waals surface area contributed by atoms with Crippen molar-refractivity contribution in [3.05, 3.63) is 35.4 Å². The molecule has 1 heterocycles. The molecule has 0 saturated carbocycles. The Morgan fingerprint density at radius 2 is 2.09 bits per heavy atom. The lowest BCUT2D eigenvalue weighted by Gasteiger charge is -2.32. The number of rotatable bonds is 4. The first kappa shape index (κ1) is 19.8. The second-order valence-electron chi connectivity index (χ2n) is 7.03. The maximum Gasteiger partial charge on any atom is 0.222 e. The van der Waals surface area contributed by atoms with Gasteiger partial charge in [0.1, 0.15) is 11.6 Å². The first-order valence-electron chi connectivity index (χ1n) is 7.75. The highest BCUT2D eigenvalue weighted by molar-refractivity contribution is 5.85. The van der Waals surface area contributed by atoms with Crippen molar-refractivity contribution in [3.63, 3.8) is 0 Å². The van der Waals surface area contributed by atoms with E-state index in [-0.39, 0.29) is 29.8 Å². The summed E-state index contributed by atoms with van der Waals surface area (Å²) >= 11 is 0. The van der Waals surface area contributed by atoms with Crippen molar-refractivity contribution in [1.29, 1.82) is 0 Å². The topological polar surface area (TPSA) is 41.1 Å². The van der Waals surface area contributed by atoms with E-state index in [0.29, 0.717) is 12.0 Å². The average Bonchev–Trinajstić information content (AvgIpc) is 2.88. The highest BCUT2D eigenvalue weighted by Gasteiger charge is 2.31. The summed E-state index contributed by atoms with van der Waals surface area (Å²) in [6, 6.07) is 3.19. The number of carbonyl (C=O) groups excluding carboxylic acids is 1. The molecule has 6 heteroatoms. The minimum Gasteiger partial charge on any atom is -0.349 e. The van der Waals surface area contributed by atoms with Gasteiger partial charge in [-0.1, -0.05) is 26.8 Å². The van der Waals surface area contributed by atoms with Crippen LogP contribution >= 0.6 is 12.4 Å². The monoisotopic (exact) mass is 346 g/mol. The minimum atomic E-state index is -0.626. The number of hydrogen-bond acceptors (Lipinski definition) is 2. The van der Waals surface area contributed by atoms with Crippen LogP contribution in [0.15, 0.2) is 18.2 Å². The van der Waals surface area contributed by atoms with Crippen LogP contribution in [0.3, 0.4) is 0 Å². The SMILES string of the molecule is CC(C)(C)C(NC(=O)CC1CCCN1)c1ccc(F)cc1F.Cl. The third kappa shape index (κ3) is 5.43. The van der Waals surface area contributed by atoms with Gasteiger partial charge in [0.15, 0.2) is 0 Å². The fourth-order valence-electron chi connectivity index (χ4n) is 2.87. The van der Waals surface area contributed by atoms with Crippen LogP contribution in [-0.2, 0) is 4.79 Å². The van der Waals surface area contributed by atoms with E-state index in [2.05, 4.69) is 10.6 Å². The highest BCUT2D eigenvalue weighted by atomic mass is 35.5. The van der Waals surface area contributed by atoms with Gasteiger partial charge < -0.3 is 10.6 Å². The van der Waals surface area contributed by atoms with Crippen LogP contribution in [0.4, 0.5) is 8.78 Å². The summed E-state index contributed by atoms with van der Waals surface area (Å²) in [6.45, 7) is 6.71. The van der Waals surface area contributed by atoms with Crippen LogP contribution in [0.2, 0.25) is 0 Å². The summed E-state index contributed by atoms with van der Waals surface area (Å²) in [5.74, 6) is -1.35. The summed E-state index contributed by atoms with van der Waals surface area (Å²) in [4.78, 5) is 12.3. The fourth-order valence-corrected chi connectivity index (χ4v) is 2.87. The van der Waals surface area contributed by atoms with Crippen LogP contribution in [0, 0.1) is 17.0 Å². The first-order chi connectivity index (χ1) is 10.3. The zero-order valence-corrected chi connectivity index (χ0v) is 14.6. The van der Waals surface area contributed by atoms with Crippen molar-refractivity contribution in [2.75, 3.05) is 6.54 Å². The van der Waals surface area contributed by atoms with Crippen LogP contribution < -0.4 is 10.6 Å². The number of nitrogens with one attached hydrogen (secondary N) is 2. The van der Waals surface area contributed by atoms with Crippen molar-refractivity contribution >= 4 is 18.3 Å². The summed E-state index contributed by atoms with van der Waals surface area (Å²) in [6.07, 6.45) is 2.45. The van der Waals surface area contributed by atoms with E-state index in [9.17, 15) is 13.6 Å². The van der Waals surface area contributed by atoms with Gasteiger partial charge in [-0.25, -0.2) is 8.78 Å². The van der Waals surface area contributed by atoms with Gasteiger partial charge in [-0.2, -0.15) is 0 Å². The van der Waals surface area contributed by atoms with Gasteiger partial charge in [0, 0.05) is 24.1 Å². The Kier molecular flexibility index (Phi) is 6.96.